The van der Waals surface area contributed by atoms with Gasteiger partial charge in [0.15, 0.2) is 0 Å². The fourth-order valence-corrected chi connectivity index (χ4v) is 8.21. The van der Waals surface area contributed by atoms with E-state index in [4.69, 9.17) is 9.98 Å². The van der Waals surface area contributed by atoms with Crippen LogP contribution in [0.2, 0.25) is 0 Å². The summed E-state index contributed by atoms with van der Waals surface area (Å²) in [6.07, 6.45) is 49.2. The predicted octanol–water partition coefficient (Wildman–Crippen LogP) is 19.3. The molecule has 346 valence electrons. The van der Waals surface area contributed by atoms with Gasteiger partial charge in [-0.3, -0.25) is 4.99 Å². The summed E-state index contributed by atoms with van der Waals surface area (Å²) in [5.41, 5.74) is 8.65. The minimum Gasteiger partial charge on any atom is -0.251 e. The first-order valence-corrected chi connectivity index (χ1v) is 26.1. The molecule has 0 atom stereocenters. The molecule has 0 fully saturated rings. The fourth-order valence-electron chi connectivity index (χ4n) is 8.21. The standard InChI is InChI=1S/C58H94N2.Pd/c1-6-11-16-18-20-22-24-26-28-30-32-34-38-43-53-44-40-41-47-56(53)60-58(46-15-10-5)57(48-39-35-33-31-29-27-25-23-21-19-17-12-7-2)59-55-50-49-52(42-36-13-8-3)54(51-55)45-37-14-9-4;/h39-41,44,47-51H,6-31,33,35-38,42-43,45-46H2,1-5H3;. The van der Waals surface area contributed by atoms with E-state index < -0.39 is 0 Å². The van der Waals surface area contributed by atoms with Crippen LogP contribution < -0.4 is 0 Å². The van der Waals surface area contributed by atoms with Crippen molar-refractivity contribution in [2.24, 2.45) is 9.98 Å². The van der Waals surface area contributed by atoms with Gasteiger partial charge in [-0.1, -0.05) is 213 Å². The molecule has 0 saturated carbocycles. The first kappa shape index (κ1) is 56.8. The van der Waals surface area contributed by atoms with Crippen LogP contribution in [0, 0.1) is 11.8 Å². The van der Waals surface area contributed by atoms with Crippen LogP contribution in [-0.2, 0) is 39.7 Å². The summed E-state index contributed by atoms with van der Waals surface area (Å²) in [5.74, 6) is 7.00. The Morgan fingerprint density at radius 3 is 1.57 bits per heavy atom. The third kappa shape index (κ3) is 29.7. The van der Waals surface area contributed by atoms with E-state index in [0.29, 0.717) is 0 Å². The second-order valence-corrected chi connectivity index (χ2v) is 17.8. The molecular weight excluding hydrogens is 831 g/mol. The molecule has 0 heterocycles. The van der Waals surface area contributed by atoms with E-state index in [1.165, 1.54) is 190 Å². The number of allylic oxidation sites excluding steroid dienone is 2. The number of para-hydroxylation sites is 1. The Hall–Kier alpha value is -2.26. The van der Waals surface area contributed by atoms with Crippen LogP contribution in [0.25, 0.3) is 0 Å². The molecule has 0 unspecified atom stereocenters. The molecule has 0 radical (unpaired) electrons. The monoisotopic (exact) mass is 925 g/mol. The second kappa shape index (κ2) is 41.7. The third-order valence-corrected chi connectivity index (χ3v) is 12.1. The van der Waals surface area contributed by atoms with Crippen molar-refractivity contribution in [1.29, 1.82) is 0 Å². The number of hydrogen-bond donors (Lipinski definition) is 0. The number of rotatable bonds is 38. The summed E-state index contributed by atoms with van der Waals surface area (Å²) in [6.45, 7) is 11.5. The number of aryl methyl sites for hydroxylation is 3. The van der Waals surface area contributed by atoms with Gasteiger partial charge in [0.05, 0.1) is 22.8 Å². The van der Waals surface area contributed by atoms with Crippen molar-refractivity contribution in [1.82, 2.24) is 0 Å². The van der Waals surface area contributed by atoms with E-state index in [9.17, 15) is 0 Å². The van der Waals surface area contributed by atoms with Crippen LogP contribution in [0.5, 0.6) is 0 Å². The molecule has 2 aromatic carbocycles. The van der Waals surface area contributed by atoms with Crippen molar-refractivity contribution in [3.8, 4) is 11.8 Å². The number of benzene rings is 2. The zero-order valence-corrected chi connectivity index (χ0v) is 42.2. The molecule has 0 saturated heterocycles. The maximum atomic E-state index is 5.49. The molecular formula is C58H94N2Pd. The van der Waals surface area contributed by atoms with Gasteiger partial charge in [-0.05, 0) is 105 Å². The van der Waals surface area contributed by atoms with Crippen LogP contribution in [0.4, 0.5) is 11.4 Å². The normalized spacial score (nSPS) is 11.9. The molecule has 2 nitrogen and oxygen atoms in total. The number of hydrogen-bond acceptors (Lipinski definition) is 2. The van der Waals surface area contributed by atoms with Crippen LogP contribution >= 0.6 is 0 Å². The van der Waals surface area contributed by atoms with Gasteiger partial charge in [0, 0.05) is 33.3 Å². The molecule has 0 spiro atoms. The molecule has 2 rings (SSSR count). The van der Waals surface area contributed by atoms with Gasteiger partial charge in [-0.25, -0.2) is 4.99 Å². The average molecular weight is 926 g/mol. The summed E-state index contributed by atoms with van der Waals surface area (Å²) < 4.78 is 0. The van der Waals surface area contributed by atoms with Gasteiger partial charge in [0.2, 0.25) is 0 Å². The van der Waals surface area contributed by atoms with Crippen molar-refractivity contribution in [3.05, 3.63) is 71.3 Å². The molecule has 0 N–H and O–H groups in total. The minimum absolute atomic E-state index is 0. The Morgan fingerprint density at radius 1 is 0.459 bits per heavy atom. The summed E-state index contributed by atoms with van der Waals surface area (Å²) in [7, 11) is 0. The Morgan fingerprint density at radius 2 is 0.967 bits per heavy atom. The van der Waals surface area contributed by atoms with E-state index in [0.717, 1.165) is 74.2 Å². The summed E-state index contributed by atoms with van der Waals surface area (Å²) >= 11 is 0. The molecule has 0 aromatic heterocycles. The third-order valence-electron chi connectivity index (χ3n) is 12.1. The van der Waals surface area contributed by atoms with Gasteiger partial charge in [0.25, 0.3) is 0 Å². The zero-order valence-electron chi connectivity index (χ0n) is 40.7. The summed E-state index contributed by atoms with van der Waals surface area (Å²) in [5, 5.41) is 0. The maximum absolute atomic E-state index is 5.49. The molecule has 0 aliphatic rings. The largest absolute Gasteiger partial charge is 0.251 e. The molecule has 0 bridgehead atoms. The van der Waals surface area contributed by atoms with Crippen LogP contribution in [0.15, 0.2) is 64.6 Å². The topological polar surface area (TPSA) is 24.7 Å². The maximum Gasteiger partial charge on any atom is 0.0848 e. The van der Waals surface area contributed by atoms with Crippen LogP contribution in [-0.4, -0.2) is 11.4 Å². The predicted molar refractivity (Wildman–Crippen MR) is 271 cm³/mol. The van der Waals surface area contributed by atoms with Gasteiger partial charge < -0.3 is 0 Å². The quantitative estimate of drug-likeness (QED) is 0.0277. The molecule has 3 heteroatoms. The number of unbranched alkanes of at least 4 members (excludes halogenated alkanes) is 25. The minimum atomic E-state index is 0. The number of nitrogens with zero attached hydrogens (tertiary/aromatic N) is 2. The van der Waals surface area contributed by atoms with Crippen molar-refractivity contribution < 1.29 is 20.4 Å². The first-order chi connectivity index (χ1) is 29.7. The molecule has 0 aliphatic heterocycles. The van der Waals surface area contributed by atoms with E-state index in [-0.39, 0.29) is 20.4 Å². The average Bonchev–Trinajstić information content (AvgIpc) is 3.26. The second-order valence-electron chi connectivity index (χ2n) is 17.8. The fraction of sp³-hybridized carbons (Fsp3) is 0.690. The molecule has 61 heavy (non-hydrogen) atoms. The van der Waals surface area contributed by atoms with Crippen molar-refractivity contribution in [2.45, 2.75) is 259 Å². The molecule has 2 aromatic rings. The van der Waals surface area contributed by atoms with Crippen molar-refractivity contribution in [3.63, 3.8) is 0 Å². The Labute approximate surface area is 393 Å². The van der Waals surface area contributed by atoms with Crippen molar-refractivity contribution >= 4 is 22.8 Å². The van der Waals surface area contributed by atoms with E-state index in [1.54, 1.807) is 0 Å². The van der Waals surface area contributed by atoms with Gasteiger partial charge in [0.1, 0.15) is 0 Å². The van der Waals surface area contributed by atoms with E-state index in [2.05, 4.69) is 101 Å². The smallest absolute Gasteiger partial charge is 0.0848 e. The zero-order chi connectivity index (χ0) is 43.0. The first-order valence-electron chi connectivity index (χ1n) is 26.1. The summed E-state index contributed by atoms with van der Waals surface area (Å²) in [6, 6.07) is 15.9. The Bertz CT molecular complexity index is 1470. The van der Waals surface area contributed by atoms with Crippen molar-refractivity contribution in [2.75, 3.05) is 0 Å². The summed E-state index contributed by atoms with van der Waals surface area (Å²) in [4.78, 5) is 11.0. The van der Waals surface area contributed by atoms with E-state index >= 15 is 0 Å². The Kier molecular flexibility index (Phi) is 38.8. The number of aliphatic imine (C=N–C) groups is 2. The van der Waals surface area contributed by atoms with Gasteiger partial charge in [-0.2, -0.15) is 0 Å². The van der Waals surface area contributed by atoms with E-state index in [1.807, 2.05) is 0 Å². The van der Waals surface area contributed by atoms with Gasteiger partial charge >= 0.3 is 0 Å². The molecule has 0 aliphatic carbocycles. The van der Waals surface area contributed by atoms with Gasteiger partial charge in [-0.15, -0.1) is 11.8 Å². The van der Waals surface area contributed by atoms with Crippen LogP contribution in [0.1, 0.15) is 257 Å². The molecule has 0 amide bonds. The SMILES string of the molecule is CCCCCCCCCCCC#CCCc1ccccc1N=C(CCCC)C(C=CCCCCCCCCCCCCC)=Nc1ccc(CCCCC)c(CCCCC)c1.[Pd]. The van der Waals surface area contributed by atoms with Crippen LogP contribution in [0.3, 0.4) is 0 Å². The Balaban J connectivity index is 0.0000186.